The largest absolute Gasteiger partial charge is 0.457 e. The van der Waals surface area contributed by atoms with E-state index >= 15 is 0 Å². The molecule has 0 saturated carbocycles. The lowest BCUT2D eigenvalue weighted by Gasteiger charge is -2.27. The van der Waals surface area contributed by atoms with Crippen LogP contribution in [-0.4, -0.2) is 5.97 Å². The molecule has 0 amide bonds. The molecule has 154 valence electrons. The first kappa shape index (κ1) is 21.0. The molecular weight excluding hydrogens is 397 g/mol. The number of allylic oxidation sites excluding steroid dienone is 2. The second-order valence-electron chi connectivity index (χ2n) is 6.58. The summed E-state index contributed by atoms with van der Waals surface area (Å²) in [5.74, 6) is -1.84. The first-order chi connectivity index (χ1) is 14.2. The third kappa shape index (κ3) is 4.30. The Labute approximate surface area is 170 Å². The van der Waals surface area contributed by atoms with E-state index in [1.165, 1.54) is 19.1 Å². The van der Waals surface area contributed by atoms with Gasteiger partial charge in [-0.3, -0.25) is 0 Å². The molecule has 2 N–H and O–H groups in total. The molecule has 2 aromatic carbocycles. The second kappa shape index (κ2) is 8.33. The number of rotatable bonds is 4. The Morgan fingerprint density at radius 1 is 1.17 bits per heavy atom. The molecule has 2 aromatic rings. The highest BCUT2D eigenvalue weighted by Gasteiger charge is 2.37. The Morgan fingerprint density at radius 3 is 2.37 bits per heavy atom. The van der Waals surface area contributed by atoms with Crippen molar-refractivity contribution in [3.05, 3.63) is 94.1 Å². The molecule has 1 unspecified atom stereocenters. The minimum absolute atomic E-state index is 0.0106. The molecule has 0 aliphatic carbocycles. The van der Waals surface area contributed by atoms with Gasteiger partial charge < -0.3 is 15.2 Å². The van der Waals surface area contributed by atoms with E-state index in [1.54, 1.807) is 24.3 Å². The number of carbonyl (C=O) groups excluding carboxylic acids is 1. The van der Waals surface area contributed by atoms with Crippen molar-refractivity contribution in [2.45, 2.75) is 25.6 Å². The van der Waals surface area contributed by atoms with Gasteiger partial charge in [0.2, 0.25) is 5.88 Å². The number of hydrogen-bond donors (Lipinski definition) is 1. The summed E-state index contributed by atoms with van der Waals surface area (Å²) in [6.45, 7) is 1.47. The van der Waals surface area contributed by atoms with Crippen LogP contribution >= 0.6 is 0 Å². The molecule has 0 radical (unpaired) electrons. The molecule has 0 aromatic heterocycles. The van der Waals surface area contributed by atoms with Crippen molar-refractivity contribution in [3.8, 4) is 6.07 Å². The third-order valence-corrected chi connectivity index (χ3v) is 4.61. The molecule has 30 heavy (non-hydrogen) atoms. The number of halogens is 3. The third-order valence-electron chi connectivity index (χ3n) is 4.61. The zero-order valence-corrected chi connectivity index (χ0v) is 15.9. The highest BCUT2D eigenvalue weighted by atomic mass is 19.4. The summed E-state index contributed by atoms with van der Waals surface area (Å²) in [6, 6.07) is 15.0. The van der Waals surface area contributed by atoms with Crippen molar-refractivity contribution in [3.63, 3.8) is 0 Å². The number of ether oxygens (including phenoxy) is 2. The summed E-state index contributed by atoms with van der Waals surface area (Å²) in [5.41, 5.74) is 5.93. The highest BCUT2D eigenvalue weighted by Crippen LogP contribution is 2.40. The fourth-order valence-corrected chi connectivity index (χ4v) is 3.14. The van der Waals surface area contributed by atoms with Crippen LogP contribution in [0.3, 0.4) is 0 Å². The zero-order valence-electron chi connectivity index (χ0n) is 15.9. The van der Waals surface area contributed by atoms with Crippen LogP contribution in [0.2, 0.25) is 0 Å². The Balaban J connectivity index is 1.96. The minimum atomic E-state index is -4.51. The quantitative estimate of drug-likeness (QED) is 0.743. The average Bonchev–Trinajstić information content (AvgIpc) is 2.72. The van der Waals surface area contributed by atoms with Gasteiger partial charge in [0.25, 0.3) is 0 Å². The maximum Gasteiger partial charge on any atom is 0.416 e. The van der Waals surface area contributed by atoms with E-state index in [4.69, 9.17) is 15.2 Å². The van der Waals surface area contributed by atoms with Gasteiger partial charge >= 0.3 is 12.1 Å². The minimum Gasteiger partial charge on any atom is -0.457 e. The summed E-state index contributed by atoms with van der Waals surface area (Å²) in [6.07, 6.45) is -4.51. The van der Waals surface area contributed by atoms with Crippen molar-refractivity contribution in [1.29, 1.82) is 5.26 Å². The standard InChI is InChI=1S/C22H17F3N2O3/c1-13-18(21(28)29-12-14-5-3-2-4-6-14)19(17(11-26)20(27)30-13)15-7-9-16(10-8-15)22(23,24)25/h2-10,19H,12,27H2,1H3. The number of nitrogens with two attached hydrogens (primary N) is 1. The molecule has 0 bridgehead atoms. The van der Waals surface area contributed by atoms with Gasteiger partial charge in [0, 0.05) is 0 Å². The van der Waals surface area contributed by atoms with Crippen molar-refractivity contribution >= 4 is 5.97 Å². The molecule has 8 heteroatoms. The number of esters is 1. The van der Waals surface area contributed by atoms with Gasteiger partial charge in [-0.1, -0.05) is 42.5 Å². The number of nitriles is 1. The highest BCUT2D eigenvalue weighted by molar-refractivity contribution is 5.92. The molecular formula is C22H17F3N2O3. The van der Waals surface area contributed by atoms with Gasteiger partial charge in [0.05, 0.1) is 17.1 Å². The molecule has 0 spiro atoms. The van der Waals surface area contributed by atoms with Crippen molar-refractivity contribution < 1.29 is 27.4 Å². The monoisotopic (exact) mass is 414 g/mol. The number of carbonyl (C=O) groups is 1. The molecule has 0 fully saturated rings. The van der Waals surface area contributed by atoms with Crippen LogP contribution in [0.15, 0.2) is 77.4 Å². The van der Waals surface area contributed by atoms with Crippen LogP contribution in [0.25, 0.3) is 0 Å². The van der Waals surface area contributed by atoms with E-state index in [9.17, 15) is 23.2 Å². The van der Waals surface area contributed by atoms with Crippen LogP contribution in [0.5, 0.6) is 0 Å². The van der Waals surface area contributed by atoms with E-state index in [0.29, 0.717) is 0 Å². The summed E-state index contributed by atoms with van der Waals surface area (Å²) in [5, 5.41) is 9.55. The van der Waals surface area contributed by atoms with Gasteiger partial charge in [0.1, 0.15) is 24.0 Å². The van der Waals surface area contributed by atoms with Crippen LogP contribution in [0.1, 0.15) is 29.5 Å². The summed E-state index contributed by atoms with van der Waals surface area (Å²) in [7, 11) is 0. The molecule has 1 heterocycles. The van der Waals surface area contributed by atoms with E-state index < -0.39 is 23.6 Å². The summed E-state index contributed by atoms with van der Waals surface area (Å²) in [4.78, 5) is 12.8. The predicted octanol–water partition coefficient (Wildman–Crippen LogP) is 4.53. The van der Waals surface area contributed by atoms with Crippen LogP contribution in [-0.2, 0) is 27.1 Å². The van der Waals surface area contributed by atoms with Gasteiger partial charge in [-0.15, -0.1) is 0 Å². The van der Waals surface area contributed by atoms with E-state index in [-0.39, 0.29) is 35.0 Å². The Bertz CT molecular complexity index is 1050. The molecule has 0 saturated heterocycles. The first-order valence-electron chi connectivity index (χ1n) is 8.89. The fraction of sp³-hybridized carbons (Fsp3) is 0.182. The lowest BCUT2D eigenvalue weighted by molar-refractivity contribution is -0.141. The molecule has 1 aliphatic rings. The fourth-order valence-electron chi connectivity index (χ4n) is 3.14. The lowest BCUT2D eigenvalue weighted by Crippen LogP contribution is -2.25. The first-order valence-corrected chi connectivity index (χ1v) is 8.89. The van der Waals surface area contributed by atoms with E-state index in [2.05, 4.69) is 0 Å². The van der Waals surface area contributed by atoms with Crippen LogP contribution in [0, 0.1) is 11.3 Å². The summed E-state index contributed by atoms with van der Waals surface area (Å²) < 4.78 is 49.4. The van der Waals surface area contributed by atoms with Crippen LogP contribution in [0.4, 0.5) is 13.2 Å². The maximum atomic E-state index is 12.9. The Hall–Kier alpha value is -3.73. The Morgan fingerprint density at radius 2 is 1.80 bits per heavy atom. The van der Waals surface area contributed by atoms with Crippen molar-refractivity contribution in [2.75, 3.05) is 0 Å². The number of nitrogens with zero attached hydrogens (tertiary/aromatic N) is 1. The number of hydrogen-bond acceptors (Lipinski definition) is 5. The second-order valence-corrected chi connectivity index (χ2v) is 6.58. The van der Waals surface area contributed by atoms with Gasteiger partial charge in [-0.25, -0.2) is 4.79 Å². The zero-order chi connectivity index (χ0) is 21.9. The molecule has 1 aliphatic heterocycles. The lowest BCUT2D eigenvalue weighted by atomic mass is 9.83. The van der Waals surface area contributed by atoms with E-state index in [0.717, 1.165) is 17.7 Å². The predicted molar refractivity (Wildman–Crippen MR) is 101 cm³/mol. The topological polar surface area (TPSA) is 85.3 Å². The number of alkyl halides is 3. The van der Waals surface area contributed by atoms with Crippen molar-refractivity contribution in [1.82, 2.24) is 0 Å². The van der Waals surface area contributed by atoms with Crippen LogP contribution < -0.4 is 5.73 Å². The molecule has 5 nitrogen and oxygen atoms in total. The SMILES string of the molecule is CC1=C(C(=O)OCc2ccccc2)C(c2ccc(C(F)(F)F)cc2)C(C#N)=C(N)O1. The van der Waals surface area contributed by atoms with E-state index in [1.807, 2.05) is 12.1 Å². The van der Waals surface area contributed by atoms with Crippen molar-refractivity contribution in [2.24, 2.45) is 5.73 Å². The number of benzene rings is 2. The average molecular weight is 414 g/mol. The molecule has 3 rings (SSSR count). The smallest absolute Gasteiger partial charge is 0.416 e. The van der Waals surface area contributed by atoms with Gasteiger partial charge in [-0.05, 0) is 30.2 Å². The molecule has 1 atom stereocenters. The Kier molecular flexibility index (Phi) is 5.83. The van der Waals surface area contributed by atoms with Gasteiger partial charge in [-0.2, -0.15) is 18.4 Å². The normalized spacial score (nSPS) is 16.7. The van der Waals surface area contributed by atoms with Gasteiger partial charge in [0.15, 0.2) is 0 Å². The maximum absolute atomic E-state index is 12.9. The summed E-state index contributed by atoms with van der Waals surface area (Å²) >= 11 is 0.